The summed E-state index contributed by atoms with van der Waals surface area (Å²) in [7, 11) is 1.84. The minimum absolute atomic E-state index is 0.202. The highest BCUT2D eigenvalue weighted by Crippen LogP contribution is 2.31. The first-order valence-electron chi connectivity index (χ1n) is 6.53. The number of carbonyl (C=O) groups excluding carboxylic acids is 1. The van der Waals surface area contributed by atoms with Gasteiger partial charge in [0.15, 0.2) is 17.1 Å². The third-order valence-electron chi connectivity index (χ3n) is 3.63. The van der Waals surface area contributed by atoms with Gasteiger partial charge >= 0.3 is 0 Å². The molecule has 1 fully saturated rings. The van der Waals surface area contributed by atoms with Crippen LogP contribution in [0.25, 0.3) is 11.5 Å². The first-order valence-corrected chi connectivity index (χ1v) is 7.33. The number of nitrogens with zero attached hydrogens (tertiary/aromatic N) is 3. The molecule has 6 nitrogen and oxygen atoms in total. The lowest BCUT2D eigenvalue weighted by atomic mass is 9.87. The summed E-state index contributed by atoms with van der Waals surface area (Å²) < 4.78 is 5.91. The molecule has 1 aliphatic rings. The molecule has 0 aromatic carbocycles. The molecule has 1 atom stereocenters. The molecule has 0 amide bonds. The van der Waals surface area contributed by atoms with Crippen LogP contribution in [0, 0.1) is 0 Å². The summed E-state index contributed by atoms with van der Waals surface area (Å²) in [4.78, 5) is 18.3. The lowest BCUT2D eigenvalue weighted by Gasteiger charge is -2.33. The molecule has 1 saturated heterocycles. The number of carbonyl (C=O) groups is 1. The maximum absolute atomic E-state index is 12.1. The Labute approximate surface area is 129 Å². The summed E-state index contributed by atoms with van der Waals surface area (Å²) in [5, 5.41) is 14.5. The summed E-state index contributed by atoms with van der Waals surface area (Å²) in [6.07, 6.45) is 0.306. The highest BCUT2D eigenvalue weighted by molar-refractivity contribution is 9.10. The van der Waals surface area contributed by atoms with Crippen molar-refractivity contribution in [3.8, 4) is 11.5 Å². The van der Waals surface area contributed by atoms with Crippen LogP contribution in [0.1, 0.15) is 12.1 Å². The zero-order valence-corrected chi connectivity index (χ0v) is 13.0. The van der Waals surface area contributed by atoms with Gasteiger partial charge in [0.05, 0.1) is 6.54 Å². The fraction of sp³-hybridized carbons (Fsp3) is 0.357. The molecule has 110 valence electrons. The van der Waals surface area contributed by atoms with E-state index in [1.165, 1.54) is 0 Å². The Hall–Kier alpha value is -1.57. The third kappa shape index (κ3) is 2.64. The molecule has 1 aliphatic heterocycles. The smallest absolute Gasteiger partial charge is 0.185 e. The molecule has 0 aliphatic carbocycles. The van der Waals surface area contributed by atoms with Gasteiger partial charge in [-0.05, 0) is 35.1 Å². The Morgan fingerprint density at radius 3 is 3.00 bits per heavy atom. The first-order chi connectivity index (χ1) is 9.99. The number of likely N-dealkylation sites (tertiary alicyclic amines) is 1. The van der Waals surface area contributed by atoms with E-state index in [1.807, 2.05) is 18.0 Å². The monoisotopic (exact) mass is 351 g/mol. The van der Waals surface area contributed by atoms with E-state index < -0.39 is 5.60 Å². The lowest BCUT2D eigenvalue weighted by molar-refractivity contribution is -0.145. The van der Waals surface area contributed by atoms with Gasteiger partial charge in [0.25, 0.3) is 0 Å². The van der Waals surface area contributed by atoms with Crippen molar-refractivity contribution in [2.45, 2.75) is 12.0 Å². The molecule has 0 spiro atoms. The topological polar surface area (TPSA) is 79.5 Å². The van der Waals surface area contributed by atoms with Crippen molar-refractivity contribution >= 4 is 21.7 Å². The van der Waals surface area contributed by atoms with E-state index in [2.05, 4.69) is 26.1 Å². The molecular weight excluding hydrogens is 338 g/mol. The largest absolute Gasteiger partial charge is 0.375 e. The summed E-state index contributed by atoms with van der Waals surface area (Å²) >= 11 is 3.29. The highest BCUT2D eigenvalue weighted by atomic mass is 79.9. The van der Waals surface area contributed by atoms with Crippen LogP contribution in [-0.4, -0.2) is 46.1 Å². The number of likely N-dealkylation sites (N-methyl/N-ethyl adjacent to an activating group) is 1. The zero-order chi connectivity index (χ0) is 15.0. The van der Waals surface area contributed by atoms with Crippen LogP contribution in [0.15, 0.2) is 33.4 Å². The van der Waals surface area contributed by atoms with Gasteiger partial charge in [-0.25, -0.2) is 4.98 Å². The molecule has 3 rings (SSSR count). The van der Waals surface area contributed by atoms with Crippen LogP contribution in [0.4, 0.5) is 0 Å². The number of aliphatic hydroxyl groups is 1. The Kier molecular flexibility index (Phi) is 3.64. The van der Waals surface area contributed by atoms with Crippen LogP contribution in [0.5, 0.6) is 0 Å². The van der Waals surface area contributed by atoms with Gasteiger partial charge in [0.2, 0.25) is 0 Å². The van der Waals surface area contributed by atoms with Crippen molar-refractivity contribution in [3.05, 3.63) is 34.6 Å². The Bertz CT molecular complexity index is 688. The number of pyridine rings is 1. The van der Waals surface area contributed by atoms with E-state index >= 15 is 0 Å². The van der Waals surface area contributed by atoms with Crippen molar-refractivity contribution in [1.29, 1.82) is 0 Å². The standard InChI is InChI=1S/C14H14BrN3O3/c1-18-6-5-14(20,12(19)8-18)11-7-10(21-17-11)9-3-2-4-13(15)16-9/h2-4,7,20H,5-6,8H2,1H3/t14-/m1/s1. The number of hydrogen-bond donors (Lipinski definition) is 1. The predicted molar refractivity (Wildman–Crippen MR) is 78.5 cm³/mol. The molecule has 7 heteroatoms. The van der Waals surface area contributed by atoms with Gasteiger partial charge in [-0.2, -0.15) is 0 Å². The van der Waals surface area contributed by atoms with E-state index in [1.54, 1.807) is 18.2 Å². The average Bonchev–Trinajstić information content (AvgIpc) is 2.94. The Balaban J connectivity index is 1.93. The van der Waals surface area contributed by atoms with Crippen LogP contribution in [0.2, 0.25) is 0 Å². The highest BCUT2D eigenvalue weighted by Gasteiger charge is 2.43. The van der Waals surface area contributed by atoms with E-state index in [0.717, 1.165) is 0 Å². The van der Waals surface area contributed by atoms with Crippen molar-refractivity contribution in [3.63, 3.8) is 0 Å². The number of ketones is 1. The van der Waals surface area contributed by atoms with Crippen LogP contribution in [-0.2, 0) is 10.4 Å². The number of aromatic nitrogens is 2. The summed E-state index contributed by atoms with van der Waals surface area (Å²) in [6, 6.07) is 6.98. The second-order valence-corrected chi connectivity index (χ2v) is 6.01. The maximum atomic E-state index is 12.1. The normalized spacial score (nSPS) is 23.5. The second-order valence-electron chi connectivity index (χ2n) is 5.19. The molecule has 0 radical (unpaired) electrons. The van der Waals surface area contributed by atoms with Crippen molar-refractivity contribution < 1.29 is 14.4 Å². The van der Waals surface area contributed by atoms with Crippen LogP contribution in [0.3, 0.4) is 0 Å². The van der Waals surface area contributed by atoms with Crippen molar-refractivity contribution in [1.82, 2.24) is 15.0 Å². The molecule has 21 heavy (non-hydrogen) atoms. The minimum Gasteiger partial charge on any atom is -0.375 e. The summed E-state index contributed by atoms with van der Waals surface area (Å²) in [5.41, 5.74) is -0.732. The maximum Gasteiger partial charge on any atom is 0.185 e. The average molecular weight is 352 g/mol. The predicted octanol–water partition coefficient (Wildman–Crippen LogP) is 1.59. The molecular formula is C14H14BrN3O3. The van der Waals surface area contributed by atoms with Gasteiger partial charge in [-0.1, -0.05) is 11.2 Å². The zero-order valence-electron chi connectivity index (χ0n) is 11.4. The second kappa shape index (κ2) is 5.32. The van der Waals surface area contributed by atoms with Gasteiger partial charge in [-0.3, -0.25) is 9.69 Å². The van der Waals surface area contributed by atoms with Crippen LogP contribution >= 0.6 is 15.9 Å². The fourth-order valence-electron chi connectivity index (χ4n) is 2.35. The van der Waals surface area contributed by atoms with Gasteiger partial charge < -0.3 is 9.63 Å². The number of piperidine rings is 1. The lowest BCUT2D eigenvalue weighted by Crippen LogP contribution is -2.49. The van der Waals surface area contributed by atoms with Crippen molar-refractivity contribution in [2.24, 2.45) is 0 Å². The molecule has 0 bridgehead atoms. The van der Waals surface area contributed by atoms with Crippen LogP contribution < -0.4 is 0 Å². The fourth-order valence-corrected chi connectivity index (χ4v) is 2.70. The van der Waals surface area contributed by atoms with Gasteiger partial charge in [0, 0.05) is 19.0 Å². The molecule has 1 N–H and O–H groups in total. The molecule has 2 aromatic heterocycles. The Morgan fingerprint density at radius 1 is 1.48 bits per heavy atom. The molecule has 0 unspecified atom stereocenters. The minimum atomic E-state index is -1.57. The van der Waals surface area contributed by atoms with E-state index in [0.29, 0.717) is 29.0 Å². The third-order valence-corrected chi connectivity index (χ3v) is 4.07. The molecule has 2 aromatic rings. The van der Waals surface area contributed by atoms with E-state index in [9.17, 15) is 9.90 Å². The number of Topliss-reactive ketones (excluding diaryl/α,β-unsaturated/α-hetero) is 1. The SMILES string of the molecule is CN1CC[C@@](O)(c2cc(-c3cccc(Br)n3)on2)C(=O)C1. The number of halogens is 1. The summed E-state index contributed by atoms with van der Waals surface area (Å²) in [5.74, 6) is 0.157. The van der Waals surface area contributed by atoms with Gasteiger partial charge in [-0.15, -0.1) is 0 Å². The van der Waals surface area contributed by atoms with Crippen molar-refractivity contribution in [2.75, 3.05) is 20.1 Å². The van der Waals surface area contributed by atoms with Gasteiger partial charge in [0.1, 0.15) is 16.0 Å². The summed E-state index contributed by atoms with van der Waals surface area (Å²) in [6.45, 7) is 0.827. The Morgan fingerprint density at radius 2 is 2.29 bits per heavy atom. The molecule has 3 heterocycles. The quantitative estimate of drug-likeness (QED) is 0.827. The van der Waals surface area contributed by atoms with E-state index in [4.69, 9.17) is 4.52 Å². The number of hydrogen-bond acceptors (Lipinski definition) is 6. The van der Waals surface area contributed by atoms with E-state index in [-0.39, 0.29) is 18.0 Å². The first kappa shape index (κ1) is 14.4. The molecule has 0 saturated carbocycles. The number of rotatable bonds is 2.